The Morgan fingerprint density at radius 1 is 0.967 bits per heavy atom. The fourth-order valence-corrected chi connectivity index (χ4v) is 4.52. The van der Waals surface area contributed by atoms with E-state index in [2.05, 4.69) is 4.98 Å². The normalized spacial score (nSPS) is 11.2. The molecule has 3 aromatic rings. The average Bonchev–Trinajstić information content (AvgIpc) is 2.75. The van der Waals surface area contributed by atoms with Crippen molar-refractivity contribution >= 4 is 15.8 Å². The lowest BCUT2D eigenvalue weighted by molar-refractivity contribution is -0.134. The fraction of sp³-hybridized carbons (Fsp3) is 0.250. The van der Waals surface area contributed by atoms with E-state index in [-0.39, 0.29) is 18.1 Å². The molecule has 1 heterocycles. The zero-order valence-electron chi connectivity index (χ0n) is 17.0. The summed E-state index contributed by atoms with van der Waals surface area (Å²) in [5.74, 6) is 0.254. The summed E-state index contributed by atoms with van der Waals surface area (Å²) >= 11 is 0. The van der Waals surface area contributed by atoms with E-state index in [9.17, 15) is 13.2 Å². The standard InChI is InChI=1S/C24H25NO4S/c1-2-24(26)29-22-16-19(14-21(17-22)15-20-8-6-12-25-18-20)9-7-13-30(27,28)23-10-4-3-5-11-23/h3-6,8,10-12,14,16-18H,2,7,9,13,15H2,1H3. The number of aromatic nitrogens is 1. The minimum atomic E-state index is -3.32. The highest BCUT2D eigenvalue weighted by Crippen LogP contribution is 2.22. The molecule has 1 aromatic heterocycles. The van der Waals surface area contributed by atoms with Crippen LogP contribution in [0.1, 0.15) is 36.5 Å². The average molecular weight is 424 g/mol. The Morgan fingerprint density at radius 2 is 1.73 bits per heavy atom. The van der Waals surface area contributed by atoms with Gasteiger partial charge in [-0.2, -0.15) is 0 Å². The lowest BCUT2D eigenvalue weighted by Gasteiger charge is -2.11. The maximum absolute atomic E-state index is 12.5. The van der Waals surface area contributed by atoms with Crippen molar-refractivity contribution in [2.45, 2.75) is 37.5 Å². The van der Waals surface area contributed by atoms with Crippen LogP contribution in [0.4, 0.5) is 0 Å². The minimum absolute atomic E-state index is 0.0634. The predicted octanol–water partition coefficient (Wildman–Crippen LogP) is 4.39. The summed E-state index contributed by atoms with van der Waals surface area (Å²) in [5.41, 5.74) is 2.98. The molecule has 0 atom stereocenters. The third kappa shape index (κ3) is 6.26. The maximum Gasteiger partial charge on any atom is 0.310 e. The molecule has 0 spiro atoms. The van der Waals surface area contributed by atoms with Crippen LogP contribution in [-0.4, -0.2) is 25.1 Å². The number of carbonyl (C=O) groups excluding carboxylic acids is 1. The lowest BCUT2D eigenvalue weighted by Crippen LogP contribution is -2.08. The van der Waals surface area contributed by atoms with E-state index in [0.29, 0.717) is 29.9 Å². The van der Waals surface area contributed by atoms with Crippen molar-refractivity contribution in [1.29, 1.82) is 0 Å². The SMILES string of the molecule is CCC(=O)Oc1cc(CCCS(=O)(=O)c2ccccc2)cc(Cc2cccnc2)c1. The Balaban J connectivity index is 1.74. The van der Waals surface area contributed by atoms with Gasteiger partial charge in [-0.15, -0.1) is 0 Å². The van der Waals surface area contributed by atoms with Crippen LogP contribution in [0, 0.1) is 0 Å². The molecule has 0 radical (unpaired) electrons. The first-order chi connectivity index (χ1) is 14.5. The molecule has 3 rings (SSSR count). The molecule has 0 unspecified atom stereocenters. The molecular formula is C24H25NO4S. The molecule has 0 saturated heterocycles. The van der Waals surface area contributed by atoms with E-state index in [1.165, 1.54) is 0 Å². The van der Waals surface area contributed by atoms with E-state index < -0.39 is 9.84 Å². The zero-order valence-corrected chi connectivity index (χ0v) is 17.8. The van der Waals surface area contributed by atoms with Crippen LogP contribution in [-0.2, 0) is 27.5 Å². The second-order valence-electron chi connectivity index (χ2n) is 7.09. The van der Waals surface area contributed by atoms with E-state index >= 15 is 0 Å². The van der Waals surface area contributed by atoms with Gasteiger partial charge in [-0.3, -0.25) is 9.78 Å². The maximum atomic E-state index is 12.5. The van der Waals surface area contributed by atoms with Gasteiger partial charge in [-0.25, -0.2) is 8.42 Å². The van der Waals surface area contributed by atoms with E-state index in [4.69, 9.17) is 4.74 Å². The topological polar surface area (TPSA) is 73.3 Å². The summed E-state index contributed by atoms with van der Waals surface area (Å²) in [6, 6.07) is 18.1. The van der Waals surface area contributed by atoms with Crippen molar-refractivity contribution in [2.75, 3.05) is 5.75 Å². The number of esters is 1. The number of rotatable bonds is 9. The van der Waals surface area contributed by atoms with Gasteiger partial charge in [0.1, 0.15) is 5.75 Å². The van der Waals surface area contributed by atoms with E-state index in [0.717, 1.165) is 16.7 Å². The predicted molar refractivity (Wildman–Crippen MR) is 116 cm³/mol. The third-order valence-corrected chi connectivity index (χ3v) is 6.47. The number of benzene rings is 2. The molecule has 0 saturated carbocycles. The van der Waals surface area contributed by atoms with Crippen molar-refractivity contribution in [3.05, 3.63) is 89.7 Å². The number of ether oxygens (including phenoxy) is 1. The third-order valence-electron chi connectivity index (χ3n) is 4.66. The highest BCUT2D eigenvalue weighted by atomic mass is 32.2. The minimum Gasteiger partial charge on any atom is -0.427 e. The van der Waals surface area contributed by atoms with Gasteiger partial charge >= 0.3 is 5.97 Å². The van der Waals surface area contributed by atoms with Crippen molar-refractivity contribution < 1.29 is 17.9 Å². The molecule has 6 heteroatoms. The van der Waals surface area contributed by atoms with Crippen LogP contribution in [0.3, 0.4) is 0 Å². The second kappa shape index (κ2) is 10.2. The molecule has 0 N–H and O–H groups in total. The molecule has 30 heavy (non-hydrogen) atoms. The Kier molecular flexibility index (Phi) is 7.36. The zero-order chi connectivity index (χ0) is 21.4. The fourth-order valence-electron chi connectivity index (χ4n) is 3.19. The molecular weight excluding hydrogens is 398 g/mol. The van der Waals surface area contributed by atoms with Crippen LogP contribution in [0.2, 0.25) is 0 Å². The highest BCUT2D eigenvalue weighted by Gasteiger charge is 2.14. The first kappa shape index (κ1) is 21.7. The molecule has 2 aromatic carbocycles. The monoisotopic (exact) mass is 423 g/mol. The molecule has 0 bridgehead atoms. The summed E-state index contributed by atoms with van der Waals surface area (Å²) in [7, 11) is -3.32. The number of pyridine rings is 1. The van der Waals surface area contributed by atoms with Crippen molar-refractivity contribution in [3.63, 3.8) is 0 Å². The van der Waals surface area contributed by atoms with Crippen molar-refractivity contribution in [3.8, 4) is 5.75 Å². The first-order valence-corrected chi connectivity index (χ1v) is 11.6. The van der Waals surface area contributed by atoms with Gasteiger partial charge in [0.05, 0.1) is 10.6 Å². The smallest absolute Gasteiger partial charge is 0.310 e. The summed E-state index contributed by atoms with van der Waals surface area (Å²) < 4.78 is 30.4. The number of sulfone groups is 1. The number of carbonyl (C=O) groups is 1. The van der Waals surface area contributed by atoms with Crippen LogP contribution in [0.15, 0.2) is 78.0 Å². The quantitative estimate of drug-likeness (QED) is 0.377. The molecule has 0 aliphatic carbocycles. The van der Waals surface area contributed by atoms with Gasteiger partial charge in [-0.1, -0.05) is 37.3 Å². The molecule has 5 nitrogen and oxygen atoms in total. The molecule has 156 valence electrons. The summed E-state index contributed by atoms with van der Waals surface area (Å²) in [6.07, 6.45) is 5.52. The van der Waals surface area contributed by atoms with Crippen LogP contribution in [0.5, 0.6) is 5.75 Å². The van der Waals surface area contributed by atoms with Gasteiger partial charge < -0.3 is 4.74 Å². The van der Waals surface area contributed by atoms with Gasteiger partial charge in [0.25, 0.3) is 0 Å². The number of hydrogen-bond acceptors (Lipinski definition) is 5. The lowest BCUT2D eigenvalue weighted by atomic mass is 10.0. The van der Waals surface area contributed by atoms with Gasteiger partial charge in [-0.05, 0) is 66.3 Å². The van der Waals surface area contributed by atoms with Crippen molar-refractivity contribution in [1.82, 2.24) is 4.98 Å². The van der Waals surface area contributed by atoms with Crippen molar-refractivity contribution in [2.24, 2.45) is 0 Å². The largest absolute Gasteiger partial charge is 0.427 e. The summed E-state index contributed by atoms with van der Waals surface area (Å²) in [5, 5.41) is 0. The van der Waals surface area contributed by atoms with E-state index in [1.54, 1.807) is 49.6 Å². The number of nitrogens with zero attached hydrogens (tertiary/aromatic N) is 1. The molecule has 0 aliphatic rings. The Labute approximate surface area is 177 Å². The van der Waals surface area contributed by atoms with Gasteiger partial charge in [0.15, 0.2) is 9.84 Å². The Hall–Kier alpha value is -2.99. The van der Waals surface area contributed by atoms with E-state index in [1.807, 2.05) is 30.3 Å². The van der Waals surface area contributed by atoms with Crippen LogP contribution in [0.25, 0.3) is 0 Å². The second-order valence-corrected chi connectivity index (χ2v) is 9.20. The number of aryl methyl sites for hydroxylation is 1. The Bertz CT molecular complexity index is 1080. The summed E-state index contributed by atoms with van der Waals surface area (Å²) in [4.78, 5) is 16.2. The molecule has 0 fully saturated rings. The molecule has 0 amide bonds. The summed E-state index contributed by atoms with van der Waals surface area (Å²) in [6.45, 7) is 1.75. The Morgan fingerprint density at radius 3 is 2.43 bits per heavy atom. The van der Waals surface area contributed by atoms with Crippen LogP contribution < -0.4 is 4.74 Å². The van der Waals surface area contributed by atoms with Crippen LogP contribution >= 0.6 is 0 Å². The first-order valence-electron chi connectivity index (χ1n) is 9.96. The highest BCUT2D eigenvalue weighted by molar-refractivity contribution is 7.91. The van der Waals surface area contributed by atoms with Gasteiger partial charge in [0.2, 0.25) is 0 Å². The molecule has 0 aliphatic heterocycles. The number of hydrogen-bond donors (Lipinski definition) is 0. The van der Waals surface area contributed by atoms with Gasteiger partial charge in [0, 0.05) is 18.8 Å².